The van der Waals surface area contributed by atoms with Gasteiger partial charge in [-0.25, -0.2) is 9.78 Å². The molecule has 0 aliphatic carbocycles. The standard InChI is InChI=1S/C11H14N4O3/c1-2-8-10(16)13-3-4-15(8)9-6-12-5-7(14-9)11(17)18/h5-6,8H,2-4H2,1H3,(H,13,16)(H,17,18). The normalized spacial score (nSPS) is 19.5. The molecule has 0 aromatic carbocycles. The van der Waals surface area contributed by atoms with E-state index in [1.165, 1.54) is 12.4 Å². The molecular weight excluding hydrogens is 236 g/mol. The summed E-state index contributed by atoms with van der Waals surface area (Å²) >= 11 is 0. The number of hydrogen-bond donors (Lipinski definition) is 2. The summed E-state index contributed by atoms with van der Waals surface area (Å²) in [6.45, 7) is 3.02. The van der Waals surface area contributed by atoms with Crippen LogP contribution in [-0.4, -0.2) is 46.1 Å². The Balaban J connectivity index is 2.31. The predicted molar refractivity (Wildman–Crippen MR) is 63.4 cm³/mol. The van der Waals surface area contributed by atoms with Crippen molar-refractivity contribution in [2.24, 2.45) is 0 Å². The molecule has 1 aromatic rings. The lowest BCUT2D eigenvalue weighted by Gasteiger charge is -2.35. The van der Waals surface area contributed by atoms with Crippen LogP contribution in [0.3, 0.4) is 0 Å². The van der Waals surface area contributed by atoms with Crippen LogP contribution >= 0.6 is 0 Å². The van der Waals surface area contributed by atoms with E-state index in [9.17, 15) is 9.59 Å². The first-order valence-electron chi connectivity index (χ1n) is 5.73. The molecule has 0 spiro atoms. The van der Waals surface area contributed by atoms with Gasteiger partial charge in [-0.15, -0.1) is 0 Å². The monoisotopic (exact) mass is 250 g/mol. The molecule has 1 amide bonds. The third-order valence-corrected chi connectivity index (χ3v) is 2.85. The number of piperazine rings is 1. The van der Waals surface area contributed by atoms with Gasteiger partial charge in [-0.2, -0.15) is 0 Å². The van der Waals surface area contributed by atoms with Gasteiger partial charge >= 0.3 is 5.97 Å². The minimum Gasteiger partial charge on any atom is -0.476 e. The summed E-state index contributed by atoms with van der Waals surface area (Å²) < 4.78 is 0. The molecule has 1 unspecified atom stereocenters. The van der Waals surface area contributed by atoms with Crippen LogP contribution in [0.15, 0.2) is 12.4 Å². The Hall–Kier alpha value is -2.18. The Kier molecular flexibility index (Phi) is 3.40. The van der Waals surface area contributed by atoms with Crippen molar-refractivity contribution in [2.45, 2.75) is 19.4 Å². The fourth-order valence-corrected chi connectivity index (χ4v) is 1.99. The largest absolute Gasteiger partial charge is 0.476 e. The van der Waals surface area contributed by atoms with Crippen molar-refractivity contribution in [3.05, 3.63) is 18.1 Å². The van der Waals surface area contributed by atoms with Gasteiger partial charge in [0.15, 0.2) is 5.69 Å². The number of aromatic nitrogens is 2. The van der Waals surface area contributed by atoms with Gasteiger partial charge in [0.05, 0.1) is 12.4 Å². The summed E-state index contributed by atoms with van der Waals surface area (Å²) in [5, 5.41) is 11.7. The van der Waals surface area contributed by atoms with Crippen LogP contribution in [0, 0.1) is 0 Å². The molecule has 2 rings (SSSR count). The molecule has 1 fully saturated rings. The quantitative estimate of drug-likeness (QED) is 0.777. The first-order valence-corrected chi connectivity index (χ1v) is 5.73. The van der Waals surface area contributed by atoms with Crippen molar-refractivity contribution in [2.75, 3.05) is 18.0 Å². The van der Waals surface area contributed by atoms with Gasteiger partial charge in [-0.05, 0) is 6.42 Å². The van der Waals surface area contributed by atoms with E-state index in [1.807, 2.05) is 6.92 Å². The van der Waals surface area contributed by atoms with Crippen molar-refractivity contribution in [1.29, 1.82) is 0 Å². The van der Waals surface area contributed by atoms with Gasteiger partial charge in [0.25, 0.3) is 0 Å². The van der Waals surface area contributed by atoms with E-state index < -0.39 is 5.97 Å². The van der Waals surface area contributed by atoms with Gasteiger partial charge in [0.1, 0.15) is 11.9 Å². The minimum atomic E-state index is -1.13. The highest BCUT2D eigenvalue weighted by molar-refractivity contribution is 5.87. The fraction of sp³-hybridized carbons (Fsp3) is 0.455. The number of aromatic carboxylic acids is 1. The van der Waals surface area contributed by atoms with E-state index in [4.69, 9.17) is 5.11 Å². The van der Waals surface area contributed by atoms with Crippen LogP contribution in [0.25, 0.3) is 0 Å². The summed E-state index contributed by atoms with van der Waals surface area (Å²) in [6.07, 6.45) is 3.30. The third kappa shape index (κ3) is 2.24. The molecule has 18 heavy (non-hydrogen) atoms. The smallest absolute Gasteiger partial charge is 0.356 e. The third-order valence-electron chi connectivity index (χ3n) is 2.85. The SMILES string of the molecule is CCC1C(=O)NCCN1c1cncc(C(=O)O)n1. The van der Waals surface area contributed by atoms with Gasteiger partial charge in [0, 0.05) is 13.1 Å². The Labute approximate surface area is 104 Å². The summed E-state index contributed by atoms with van der Waals surface area (Å²) in [6, 6.07) is -0.322. The van der Waals surface area contributed by atoms with Crippen LogP contribution < -0.4 is 10.2 Å². The number of anilines is 1. The minimum absolute atomic E-state index is 0.0636. The van der Waals surface area contributed by atoms with Crippen LogP contribution in [0.4, 0.5) is 5.82 Å². The summed E-state index contributed by atoms with van der Waals surface area (Å²) in [5.74, 6) is -0.762. The number of carboxylic acids is 1. The number of carboxylic acid groups (broad SMARTS) is 1. The first-order chi connectivity index (χ1) is 8.63. The number of carbonyl (C=O) groups excluding carboxylic acids is 1. The van der Waals surface area contributed by atoms with E-state index >= 15 is 0 Å². The fourth-order valence-electron chi connectivity index (χ4n) is 1.99. The van der Waals surface area contributed by atoms with Crippen LogP contribution in [0.2, 0.25) is 0 Å². The lowest BCUT2D eigenvalue weighted by atomic mass is 10.1. The van der Waals surface area contributed by atoms with Crippen LogP contribution in [-0.2, 0) is 4.79 Å². The molecule has 1 saturated heterocycles. The van der Waals surface area contributed by atoms with Crippen molar-refractivity contribution < 1.29 is 14.7 Å². The molecule has 2 heterocycles. The predicted octanol–water partition coefficient (Wildman–Crippen LogP) is -0.110. The highest BCUT2D eigenvalue weighted by atomic mass is 16.4. The molecular formula is C11H14N4O3. The summed E-state index contributed by atoms with van der Waals surface area (Å²) in [7, 11) is 0. The average Bonchev–Trinajstić information content (AvgIpc) is 2.38. The molecule has 0 radical (unpaired) electrons. The second-order valence-electron chi connectivity index (χ2n) is 3.98. The Morgan fingerprint density at radius 3 is 3.06 bits per heavy atom. The van der Waals surface area contributed by atoms with Crippen LogP contribution in [0.1, 0.15) is 23.8 Å². The molecule has 7 nitrogen and oxygen atoms in total. The van der Waals surface area contributed by atoms with E-state index in [0.717, 1.165) is 0 Å². The summed E-state index contributed by atoms with van der Waals surface area (Å²) in [4.78, 5) is 32.2. The number of hydrogen-bond acceptors (Lipinski definition) is 5. The zero-order valence-electron chi connectivity index (χ0n) is 9.96. The maximum absolute atomic E-state index is 11.7. The Bertz CT molecular complexity index is 477. The number of nitrogens with one attached hydrogen (secondary N) is 1. The Morgan fingerprint density at radius 1 is 1.61 bits per heavy atom. The van der Waals surface area contributed by atoms with Gasteiger partial charge in [-0.3, -0.25) is 9.78 Å². The number of amides is 1. The molecule has 7 heteroatoms. The lowest BCUT2D eigenvalue weighted by Crippen LogP contribution is -2.55. The van der Waals surface area contributed by atoms with Gasteiger partial charge in [-0.1, -0.05) is 6.92 Å². The number of rotatable bonds is 3. The topological polar surface area (TPSA) is 95.4 Å². The molecule has 2 N–H and O–H groups in total. The van der Waals surface area contributed by atoms with E-state index in [-0.39, 0.29) is 17.6 Å². The summed E-state index contributed by atoms with van der Waals surface area (Å²) in [5.41, 5.74) is -0.117. The molecule has 1 aliphatic heterocycles. The van der Waals surface area contributed by atoms with E-state index in [1.54, 1.807) is 4.90 Å². The molecule has 1 atom stereocenters. The molecule has 96 valence electrons. The maximum atomic E-state index is 11.7. The second kappa shape index (κ2) is 4.99. The van der Waals surface area contributed by atoms with Crippen molar-refractivity contribution >= 4 is 17.7 Å². The number of nitrogens with zero attached hydrogens (tertiary/aromatic N) is 3. The molecule has 1 aliphatic rings. The zero-order valence-corrected chi connectivity index (χ0v) is 9.96. The molecule has 0 saturated carbocycles. The Morgan fingerprint density at radius 2 is 2.39 bits per heavy atom. The van der Waals surface area contributed by atoms with Crippen LogP contribution in [0.5, 0.6) is 0 Å². The zero-order chi connectivity index (χ0) is 13.1. The number of carbonyl (C=O) groups is 2. The van der Waals surface area contributed by atoms with E-state index in [2.05, 4.69) is 15.3 Å². The van der Waals surface area contributed by atoms with Crippen molar-refractivity contribution in [3.8, 4) is 0 Å². The van der Waals surface area contributed by atoms with E-state index in [0.29, 0.717) is 25.3 Å². The molecule has 0 bridgehead atoms. The second-order valence-corrected chi connectivity index (χ2v) is 3.98. The maximum Gasteiger partial charge on any atom is 0.356 e. The van der Waals surface area contributed by atoms with Gasteiger partial charge < -0.3 is 15.3 Å². The average molecular weight is 250 g/mol. The van der Waals surface area contributed by atoms with Crippen molar-refractivity contribution in [1.82, 2.24) is 15.3 Å². The highest BCUT2D eigenvalue weighted by Crippen LogP contribution is 2.17. The van der Waals surface area contributed by atoms with Crippen molar-refractivity contribution in [3.63, 3.8) is 0 Å². The highest BCUT2D eigenvalue weighted by Gasteiger charge is 2.29. The lowest BCUT2D eigenvalue weighted by molar-refractivity contribution is -0.123. The molecule has 1 aromatic heterocycles. The van der Waals surface area contributed by atoms with Gasteiger partial charge in [0.2, 0.25) is 5.91 Å². The first kappa shape index (κ1) is 12.3.